The van der Waals surface area contributed by atoms with Crippen LogP contribution in [0.25, 0.3) is 0 Å². The van der Waals surface area contributed by atoms with Crippen molar-refractivity contribution in [2.75, 3.05) is 13.1 Å². The van der Waals surface area contributed by atoms with Gasteiger partial charge in [0.15, 0.2) is 0 Å². The lowest BCUT2D eigenvalue weighted by atomic mass is 9.76. The second kappa shape index (κ2) is 5.87. The van der Waals surface area contributed by atoms with Crippen molar-refractivity contribution in [1.29, 1.82) is 0 Å². The molecule has 2 unspecified atom stereocenters. The highest BCUT2D eigenvalue weighted by Gasteiger charge is 2.41. The Hall–Kier alpha value is -0.860. The summed E-state index contributed by atoms with van der Waals surface area (Å²) in [4.78, 5) is 2.64. The van der Waals surface area contributed by atoms with Gasteiger partial charge in [-0.25, -0.2) is 0 Å². The standard InChI is InChI=1S/C18H27NO/c1-15-14-19(17-10-6-3-7-11-17)13-12-18(15,20)16-8-4-2-5-9-16/h2,4-5,8-9,15,17,20H,3,6-7,10-14H2,1H3. The molecular formula is C18H27NO. The third-order valence-electron chi connectivity index (χ3n) is 5.47. The van der Waals surface area contributed by atoms with Crippen LogP contribution in [0.1, 0.15) is 51.0 Å². The van der Waals surface area contributed by atoms with Gasteiger partial charge < -0.3 is 5.11 Å². The molecule has 110 valence electrons. The molecule has 0 amide bonds. The van der Waals surface area contributed by atoms with Crippen LogP contribution in [0, 0.1) is 5.92 Å². The minimum atomic E-state index is -0.633. The molecule has 1 saturated carbocycles. The van der Waals surface area contributed by atoms with E-state index in [-0.39, 0.29) is 0 Å². The smallest absolute Gasteiger partial charge is 0.0946 e. The van der Waals surface area contributed by atoms with E-state index in [1.165, 1.54) is 32.1 Å². The van der Waals surface area contributed by atoms with E-state index < -0.39 is 5.60 Å². The van der Waals surface area contributed by atoms with Crippen LogP contribution in [0.15, 0.2) is 30.3 Å². The highest BCUT2D eigenvalue weighted by molar-refractivity contribution is 5.24. The van der Waals surface area contributed by atoms with Gasteiger partial charge in [0.05, 0.1) is 5.60 Å². The first-order valence-corrected chi connectivity index (χ1v) is 8.22. The van der Waals surface area contributed by atoms with E-state index in [1.807, 2.05) is 18.2 Å². The molecule has 3 rings (SSSR count). The molecule has 1 aliphatic heterocycles. The Bertz CT molecular complexity index is 426. The van der Waals surface area contributed by atoms with Crippen LogP contribution in [0.3, 0.4) is 0 Å². The van der Waals surface area contributed by atoms with Crippen LogP contribution >= 0.6 is 0 Å². The molecule has 0 radical (unpaired) electrons. The number of hydrogen-bond acceptors (Lipinski definition) is 2. The summed E-state index contributed by atoms with van der Waals surface area (Å²) in [6, 6.07) is 11.0. The predicted molar refractivity (Wildman–Crippen MR) is 82.6 cm³/mol. The molecule has 2 heteroatoms. The maximum Gasteiger partial charge on any atom is 0.0946 e. The lowest BCUT2D eigenvalue weighted by Crippen LogP contribution is -2.52. The highest BCUT2D eigenvalue weighted by Crippen LogP contribution is 2.39. The quantitative estimate of drug-likeness (QED) is 0.891. The molecule has 0 aromatic heterocycles. The zero-order valence-corrected chi connectivity index (χ0v) is 12.6. The number of nitrogens with zero attached hydrogens (tertiary/aromatic N) is 1. The van der Waals surface area contributed by atoms with Crippen molar-refractivity contribution in [1.82, 2.24) is 4.90 Å². The normalized spacial score (nSPS) is 33.2. The monoisotopic (exact) mass is 273 g/mol. The summed E-state index contributed by atoms with van der Waals surface area (Å²) >= 11 is 0. The molecule has 20 heavy (non-hydrogen) atoms. The third-order valence-corrected chi connectivity index (χ3v) is 5.47. The Balaban J connectivity index is 1.70. The van der Waals surface area contributed by atoms with E-state index in [0.29, 0.717) is 5.92 Å². The SMILES string of the molecule is CC1CN(C2CCCCC2)CCC1(O)c1ccccc1. The highest BCUT2D eigenvalue weighted by atomic mass is 16.3. The van der Waals surface area contributed by atoms with Gasteiger partial charge in [-0.1, -0.05) is 56.5 Å². The first-order valence-electron chi connectivity index (χ1n) is 8.22. The molecule has 1 aliphatic carbocycles. The maximum atomic E-state index is 11.1. The number of hydrogen-bond donors (Lipinski definition) is 1. The molecule has 1 N–H and O–H groups in total. The maximum absolute atomic E-state index is 11.1. The summed E-state index contributed by atoms with van der Waals surface area (Å²) in [7, 11) is 0. The van der Waals surface area contributed by atoms with Crippen LogP contribution in [-0.2, 0) is 5.60 Å². The van der Waals surface area contributed by atoms with Crippen molar-refractivity contribution >= 4 is 0 Å². The van der Waals surface area contributed by atoms with Crippen LogP contribution < -0.4 is 0 Å². The Morgan fingerprint density at radius 2 is 1.80 bits per heavy atom. The fourth-order valence-electron chi connectivity index (χ4n) is 4.09. The van der Waals surface area contributed by atoms with Crippen LogP contribution in [0.5, 0.6) is 0 Å². The summed E-state index contributed by atoms with van der Waals surface area (Å²) in [5.74, 6) is 0.306. The third kappa shape index (κ3) is 2.64. The second-order valence-electron chi connectivity index (χ2n) is 6.73. The van der Waals surface area contributed by atoms with Crippen molar-refractivity contribution in [3.63, 3.8) is 0 Å². The van der Waals surface area contributed by atoms with Crippen molar-refractivity contribution < 1.29 is 5.11 Å². The summed E-state index contributed by atoms with van der Waals surface area (Å²) in [5, 5.41) is 11.1. The number of piperidine rings is 1. The molecular weight excluding hydrogens is 246 g/mol. The van der Waals surface area contributed by atoms with Gasteiger partial charge in [0.1, 0.15) is 0 Å². The molecule has 1 aromatic rings. The number of benzene rings is 1. The van der Waals surface area contributed by atoms with E-state index >= 15 is 0 Å². The molecule has 2 nitrogen and oxygen atoms in total. The lowest BCUT2D eigenvalue weighted by molar-refractivity contribution is -0.0822. The molecule has 2 atom stereocenters. The zero-order chi connectivity index (χ0) is 14.0. The van der Waals surface area contributed by atoms with Gasteiger partial charge in [-0.15, -0.1) is 0 Å². The van der Waals surface area contributed by atoms with E-state index in [9.17, 15) is 5.11 Å². The van der Waals surface area contributed by atoms with Gasteiger partial charge in [0.2, 0.25) is 0 Å². The first-order chi connectivity index (χ1) is 9.70. The van der Waals surface area contributed by atoms with E-state index in [2.05, 4.69) is 24.0 Å². The van der Waals surface area contributed by atoms with Crippen molar-refractivity contribution in [2.45, 2.75) is 57.1 Å². The fraction of sp³-hybridized carbons (Fsp3) is 0.667. The lowest BCUT2D eigenvalue weighted by Gasteiger charge is -2.47. The molecule has 2 fully saturated rings. The zero-order valence-electron chi connectivity index (χ0n) is 12.6. The molecule has 1 aromatic carbocycles. The van der Waals surface area contributed by atoms with Gasteiger partial charge in [-0.3, -0.25) is 4.90 Å². The minimum absolute atomic E-state index is 0.306. The van der Waals surface area contributed by atoms with E-state index in [1.54, 1.807) is 0 Å². The van der Waals surface area contributed by atoms with Gasteiger partial charge in [-0.2, -0.15) is 0 Å². The van der Waals surface area contributed by atoms with Crippen molar-refractivity contribution in [2.24, 2.45) is 5.92 Å². The molecule has 0 bridgehead atoms. The Labute approximate surface area is 122 Å². The summed E-state index contributed by atoms with van der Waals surface area (Å²) < 4.78 is 0. The van der Waals surface area contributed by atoms with Crippen LogP contribution in [-0.4, -0.2) is 29.1 Å². The van der Waals surface area contributed by atoms with E-state index in [0.717, 1.165) is 31.1 Å². The fourth-order valence-corrected chi connectivity index (χ4v) is 4.09. The average molecular weight is 273 g/mol. The summed E-state index contributed by atoms with van der Waals surface area (Å²) in [5.41, 5.74) is 0.461. The molecule has 2 aliphatic rings. The Morgan fingerprint density at radius 3 is 2.45 bits per heavy atom. The van der Waals surface area contributed by atoms with Gasteiger partial charge in [0.25, 0.3) is 0 Å². The largest absolute Gasteiger partial charge is 0.385 e. The van der Waals surface area contributed by atoms with Gasteiger partial charge in [0, 0.05) is 25.0 Å². The Kier molecular flexibility index (Phi) is 4.13. The van der Waals surface area contributed by atoms with E-state index in [4.69, 9.17) is 0 Å². The molecule has 1 saturated heterocycles. The second-order valence-corrected chi connectivity index (χ2v) is 6.73. The molecule has 0 spiro atoms. The van der Waals surface area contributed by atoms with Gasteiger partial charge in [-0.05, 0) is 24.8 Å². The minimum Gasteiger partial charge on any atom is -0.385 e. The number of aliphatic hydroxyl groups is 1. The van der Waals surface area contributed by atoms with Crippen LogP contribution in [0.4, 0.5) is 0 Å². The van der Waals surface area contributed by atoms with Crippen molar-refractivity contribution in [3.05, 3.63) is 35.9 Å². The van der Waals surface area contributed by atoms with Crippen molar-refractivity contribution in [3.8, 4) is 0 Å². The summed E-state index contributed by atoms with van der Waals surface area (Å²) in [6.07, 6.45) is 7.77. The predicted octanol–water partition coefficient (Wildman–Crippen LogP) is 3.55. The first kappa shape index (κ1) is 14.1. The topological polar surface area (TPSA) is 23.5 Å². The average Bonchev–Trinajstić information content (AvgIpc) is 2.52. The number of likely N-dealkylation sites (tertiary alicyclic amines) is 1. The van der Waals surface area contributed by atoms with Crippen LogP contribution in [0.2, 0.25) is 0 Å². The number of rotatable bonds is 2. The molecule has 1 heterocycles. The summed E-state index contributed by atoms with van der Waals surface area (Å²) in [6.45, 7) is 4.29. The Morgan fingerprint density at radius 1 is 1.10 bits per heavy atom. The van der Waals surface area contributed by atoms with Gasteiger partial charge >= 0.3 is 0 Å².